The van der Waals surface area contributed by atoms with Gasteiger partial charge in [0.25, 0.3) is 0 Å². The van der Waals surface area contributed by atoms with Crippen LogP contribution in [0.25, 0.3) is 0 Å². The Morgan fingerprint density at radius 2 is 2.10 bits per heavy atom. The standard InChI is InChI=1S/C17H27NO2/c1-12-8-9-15(17(10-12)20-3)13(2)18-11-14-6-4-5-7-16(14)19/h8-10,13-14,16,18-19H,4-7,11H2,1-3H3. The number of hydrogen-bond acceptors (Lipinski definition) is 3. The molecule has 0 bridgehead atoms. The lowest BCUT2D eigenvalue weighted by Gasteiger charge is -2.29. The SMILES string of the molecule is COc1cc(C)ccc1C(C)NCC1CCCCC1O. The van der Waals surface area contributed by atoms with Crippen LogP contribution < -0.4 is 10.1 Å². The Bertz CT molecular complexity index is 433. The van der Waals surface area contributed by atoms with Gasteiger partial charge in [-0.15, -0.1) is 0 Å². The number of rotatable bonds is 5. The summed E-state index contributed by atoms with van der Waals surface area (Å²) >= 11 is 0. The molecule has 3 atom stereocenters. The molecular formula is C17H27NO2. The molecule has 0 heterocycles. The van der Waals surface area contributed by atoms with Crippen molar-refractivity contribution in [3.63, 3.8) is 0 Å². The van der Waals surface area contributed by atoms with E-state index in [0.717, 1.165) is 25.1 Å². The fraction of sp³-hybridized carbons (Fsp3) is 0.647. The highest BCUT2D eigenvalue weighted by Crippen LogP contribution is 2.28. The summed E-state index contributed by atoms with van der Waals surface area (Å²) in [6.07, 6.45) is 4.36. The van der Waals surface area contributed by atoms with Crippen LogP contribution >= 0.6 is 0 Å². The van der Waals surface area contributed by atoms with Crippen LogP contribution in [0, 0.1) is 12.8 Å². The minimum absolute atomic E-state index is 0.136. The van der Waals surface area contributed by atoms with E-state index < -0.39 is 0 Å². The first kappa shape index (κ1) is 15.3. The first-order valence-corrected chi connectivity index (χ1v) is 7.67. The third kappa shape index (κ3) is 3.74. The van der Waals surface area contributed by atoms with Crippen molar-refractivity contribution in [3.05, 3.63) is 29.3 Å². The molecule has 0 amide bonds. The van der Waals surface area contributed by atoms with Gasteiger partial charge in [0.05, 0.1) is 13.2 Å². The van der Waals surface area contributed by atoms with Gasteiger partial charge in [-0.25, -0.2) is 0 Å². The van der Waals surface area contributed by atoms with E-state index in [0.29, 0.717) is 5.92 Å². The molecule has 0 aliphatic heterocycles. The van der Waals surface area contributed by atoms with Crippen molar-refractivity contribution in [2.75, 3.05) is 13.7 Å². The van der Waals surface area contributed by atoms with Gasteiger partial charge in [0.15, 0.2) is 0 Å². The van der Waals surface area contributed by atoms with E-state index in [-0.39, 0.29) is 12.1 Å². The van der Waals surface area contributed by atoms with Crippen LogP contribution in [0.4, 0.5) is 0 Å². The fourth-order valence-corrected chi connectivity index (χ4v) is 3.04. The van der Waals surface area contributed by atoms with Gasteiger partial charge in [-0.1, -0.05) is 25.0 Å². The Morgan fingerprint density at radius 3 is 2.80 bits per heavy atom. The zero-order valence-electron chi connectivity index (χ0n) is 12.9. The molecule has 3 heteroatoms. The van der Waals surface area contributed by atoms with Gasteiger partial charge in [0.2, 0.25) is 0 Å². The highest BCUT2D eigenvalue weighted by atomic mass is 16.5. The van der Waals surface area contributed by atoms with Gasteiger partial charge in [-0.3, -0.25) is 0 Å². The van der Waals surface area contributed by atoms with E-state index in [1.165, 1.54) is 24.0 Å². The van der Waals surface area contributed by atoms with Crippen LogP contribution in [0.1, 0.15) is 49.8 Å². The quantitative estimate of drug-likeness (QED) is 0.868. The monoisotopic (exact) mass is 277 g/mol. The van der Waals surface area contributed by atoms with Gasteiger partial charge in [0, 0.05) is 18.2 Å². The first-order valence-electron chi connectivity index (χ1n) is 7.67. The second-order valence-corrected chi connectivity index (χ2v) is 5.99. The summed E-state index contributed by atoms with van der Waals surface area (Å²) in [4.78, 5) is 0. The Morgan fingerprint density at radius 1 is 1.35 bits per heavy atom. The predicted octanol–water partition coefficient (Wildman–Crippen LogP) is 3.21. The third-order valence-electron chi connectivity index (χ3n) is 4.41. The van der Waals surface area contributed by atoms with Crippen molar-refractivity contribution in [1.82, 2.24) is 5.32 Å². The second-order valence-electron chi connectivity index (χ2n) is 5.99. The molecule has 3 nitrogen and oxygen atoms in total. The smallest absolute Gasteiger partial charge is 0.123 e. The number of aliphatic hydroxyl groups is 1. The number of hydrogen-bond donors (Lipinski definition) is 2. The summed E-state index contributed by atoms with van der Waals surface area (Å²) in [6, 6.07) is 6.55. The zero-order valence-corrected chi connectivity index (χ0v) is 12.9. The van der Waals surface area contributed by atoms with Gasteiger partial charge >= 0.3 is 0 Å². The molecule has 0 saturated heterocycles. The number of nitrogens with one attached hydrogen (secondary N) is 1. The van der Waals surface area contributed by atoms with Gasteiger partial charge in [-0.05, 0) is 44.2 Å². The molecular weight excluding hydrogens is 250 g/mol. The van der Waals surface area contributed by atoms with Crippen LogP contribution in [0.2, 0.25) is 0 Å². The number of benzene rings is 1. The lowest BCUT2D eigenvalue weighted by Crippen LogP contribution is -2.35. The Kier molecular flexibility index (Phi) is 5.44. The van der Waals surface area contributed by atoms with E-state index in [2.05, 4.69) is 37.4 Å². The molecule has 0 radical (unpaired) electrons. The van der Waals surface area contributed by atoms with Gasteiger partial charge < -0.3 is 15.2 Å². The van der Waals surface area contributed by atoms with E-state index in [1.54, 1.807) is 7.11 Å². The molecule has 0 aromatic heterocycles. The predicted molar refractivity (Wildman–Crippen MR) is 82.1 cm³/mol. The lowest BCUT2D eigenvalue weighted by molar-refractivity contribution is 0.0683. The molecule has 20 heavy (non-hydrogen) atoms. The molecule has 1 aromatic rings. The zero-order chi connectivity index (χ0) is 14.5. The number of methoxy groups -OCH3 is 1. The molecule has 112 valence electrons. The summed E-state index contributed by atoms with van der Waals surface area (Å²) in [6.45, 7) is 5.10. The van der Waals surface area contributed by atoms with Crippen LogP contribution in [0.5, 0.6) is 5.75 Å². The van der Waals surface area contributed by atoms with E-state index in [9.17, 15) is 5.11 Å². The van der Waals surface area contributed by atoms with Crippen molar-refractivity contribution in [3.8, 4) is 5.75 Å². The number of aryl methyl sites for hydroxylation is 1. The van der Waals surface area contributed by atoms with Crippen LogP contribution in [-0.4, -0.2) is 24.9 Å². The van der Waals surface area contributed by atoms with Crippen LogP contribution in [0.15, 0.2) is 18.2 Å². The minimum Gasteiger partial charge on any atom is -0.496 e. The van der Waals surface area contributed by atoms with Crippen LogP contribution in [-0.2, 0) is 0 Å². The van der Waals surface area contributed by atoms with Crippen molar-refractivity contribution in [1.29, 1.82) is 0 Å². The van der Waals surface area contributed by atoms with Crippen LogP contribution in [0.3, 0.4) is 0 Å². The largest absolute Gasteiger partial charge is 0.496 e. The van der Waals surface area contributed by atoms with Crippen molar-refractivity contribution in [2.24, 2.45) is 5.92 Å². The fourth-order valence-electron chi connectivity index (χ4n) is 3.04. The minimum atomic E-state index is -0.136. The van der Waals surface area contributed by atoms with E-state index in [1.807, 2.05) is 0 Å². The van der Waals surface area contributed by atoms with Gasteiger partial charge in [-0.2, -0.15) is 0 Å². The van der Waals surface area contributed by atoms with E-state index >= 15 is 0 Å². The number of ether oxygens (including phenoxy) is 1. The molecule has 2 N–H and O–H groups in total. The number of aliphatic hydroxyl groups excluding tert-OH is 1. The van der Waals surface area contributed by atoms with E-state index in [4.69, 9.17) is 4.74 Å². The van der Waals surface area contributed by atoms with Gasteiger partial charge in [0.1, 0.15) is 5.75 Å². The topological polar surface area (TPSA) is 41.5 Å². The summed E-state index contributed by atoms with van der Waals surface area (Å²) in [5.41, 5.74) is 2.39. The second kappa shape index (κ2) is 7.09. The molecule has 0 spiro atoms. The maximum Gasteiger partial charge on any atom is 0.123 e. The van der Waals surface area contributed by atoms with Crippen molar-refractivity contribution >= 4 is 0 Å². The molecule has 1 saturated carbocycles. The third-order valence-corrected chi connectivity index (χ3v) is 4.41. The average molecular weight is 277 g/mol. The maximum absolute atomic E-state index is 10.0. The summed E-state index contributed by atoms with van der Waals surface area (Å²) in [5.74, 6) is 1.33. The average Bonchev–Trinajstić information content (AvgIpc) is 2.46. The Labute approximate surface area is 122 Å². The molecule has 1 fully saturated rings. The Balaban J connectivity index is 1.96. The first-order chi connectivity index (χ1) is 9.61. The highest BCUT2D eigenvalue weighted by molar-refractivity contribution is 5.39. The summed E-state index contributed by atoms with van der Waals surface area (Å²) < 4.78 is 5.47. The highest BCUT2D eigenvalue weighted by Gasteiger charge is 2.23. The molecule has 1 aliphatic rings. The molecule has 2 rings (SSSR count). The lowest BCUT2D eigenvalue weighted by atomic mass is 9.86. The summed E-state index contributed by atoms with van der Waals surface area (Å²) in [7, 11) is 1.72. The molecule has 1 aliphatic carbocycles. The van der Waals surface area contributed by atoms with Crippen molar-refractivity contribution in [2.45, 2.75) is 51.7 Å². The normalized spacial score (nSPS) is 24.4. The maximum atomic E-state index is 10.0. The molecule has 1 aromatic carbocycles. The molecule has 3 unspecified atom stereocenters. The Hall–Kier alpha value is -1.06. The summed E-state index contributed by atoms with van der Waals surface area (Å²) in [5, 5.41) is 13.6. The van der Waals surface area contributed by atoms with Crippen molar-refractivity contribution < 1.29 is 9.84 Å².